The number of alkyl halides is 6. The Morgan fingerprint density at radius 1 is 1.12 bits per heavy atom. The zero-order chi connectivity index (χ0) is 19.5. The Morgan fingerprint density at radius 2 is 1.73 bits per heavy atom. The molecule has 0 saturated heterocycles. The monoisotopic (exact) mass is 376 g/mol. The van der Waals surface area contributed by atoms with E-state index in [0.717, 1.165) is 35.1 Å². The van der Waals surface area contributed by atoms with Gasteiger partial charge < -0.3 is 5.32 Å². The molecule has 0 aliphatic rings. The predicted molar refractivity (Wildman–Crippen MR) is 75.2 cm³/mol. The van der Waals surface area contributed by atoms with Gasteiger partial charge in [0, 0.05) is 6.20 Å². The van der Waals surface area contributed by atoms with Crippen LogP contribution in [0.15, 0.2) is 36.5 Å². The van der Waals surface area contributed by atoms with Gasteiger partial charge in [0.15, 0.2) is 5.69 Å². The van der Waals surface area contributed by atoms with Crippen molar-refractivity contribution in [3.63, 3.8) is 0 Å². The Balaban J connectivity index is 2.04. The van der Waals surface area contributed by atoms with Crippen molar-refractivity contribution in [2.24, 2.45) is 0 Å². The van der Waals surface area contributed by atoms with Crippen LogP contribution in [0, 0.1) is 11.3 Å². The van der Waals surface area contributed by atoms with Gasteiger partial charge in [-0.3, -0.25) is 9.48 Å². The summed E-state index contributed by atoms with van der Waals surface area (Å²) in [4.78, 5) is 11.9. The van der Waals surface area contributed by atoms with Gasteiger partial charge in [-0.15, -0.1) is 0 Å². The van der Waals surface area contributed by atoms with Crippen molar-refractivity contribution in [2.75, 3.05) is 0 Å². The average Bonchev–Trinajstić information content (AvgIpc) is 3.00. The molecule has 1 N–H and O–H groups in total. The van der Waals surface area contributed by atoms with Crippen molar-refractivity contribution in [2.45, 2.75) is 24.9 Å². The van der Waals surface area contributed by atoms with E-state index in [0.29, 0.717) is 6.07 Å². The van der Waals surface area contributed by atoms with Crippen LogP contribution in [0.25, 0.3) is 0 Å². The molecule has 0 fully saturated rings. The number of aromatic nitrogens is 2. The van der Waals surface area contributed by atoms with Crippen LogP contribution in [-0.4, -0.2) is 15.7 Å². The largest absolute Gasteiger partial charge is 0.435 e. The van der Waals surface area contributed by atoms with Crippen LogP contribution >= 0.6 is 0 Å². The minimum absolute atomic E-state index is 0.102. The second-order valence-electron chi connectivity index (χ2n) is 5.15. The molecule has 1 unspecified atom stereocenters. The number of nitriles is 1. The third-order valence-corrected chi connectivity index (χ3v) is 3.24. The molecule has 2 rings (SSSR count). The lowest BCUT2D eigenvalue weighted by atomic mass is 10.1. The molecule has 1 atom stereocenters. The average molecular weight is 376 g/mol. The van der Waals surface area contributed by atoms with Crippen molar-refractivity contribution in [3.8, 4) is 6.07 Å². The molecule has 0 radical (unpaired) electrons. The number of carbonyl (C=O) groups excluding carboxylic acids is 1. The predicted octanol–water partition coefficient (Wildman–Crippen LogP) is 3.30. The Hall–Kier alpha value is -3.03. The Bertz CT molecular complexity index is 816. The highest BCUT2D eigenvalue weighted by Crippen LogP contribution is 2.30. The van der Waals surface area contributed by atoms with Crippen LogP contribution in [0.4, 0.5) is 26.3 Å². The zero-order valence-electron chi connectivity index (χ0n) is 12.8. The molecule has 1 aromatic carbocycles. The fourth-order valence-electron chi connectivity index (χ4n) is 2.01. The third kappa shape index (κ3) is 4.75. The topological polar surface area (TPSA) is 70.7 Å². The highest BCUT2D eigenvalue weighted by Gasteiger charge is 2.33. The minimum atomic E-state index is -4.66. The van der Waals surface area contributed by atoms with E-state index in [1.807, 2.05) is 0 Å². The SMILES string of the molecule is N#CC(NC(=O)Cn1ccc(C(F)(F)F)n1)c1ccc(C(F)(F)F)cc1. The number of rotatable bonds is 4. The van der Waals surface area contributed by atoms with Gasteiger partial charge in [0.2, 0.25) is 5.91 Å². The van der Waals surface area contributed by atoms with Crippen LogP contribution in [0.5, 0.6) is 0 Å². The van der Waals surface area contributed by atoms with Crippen molar-refractivity contribution in [3.05, 3.63) is 53.3 Å². The zero-order valence-corrected chi connectivity index (χ0v) is 12.8. The molecule has 1 aromatic heterocycles. The summed E-state index contributed by atoms with van der Waals surface area (Å²) in [7, 11) is 0. The number of halogens is 6. The fraction of sp³-hybridized carbons (Fsp3) is 0.267. The van der Waals surface area contributed by atoms with Gasteiger partial charge in [-0.2, -0.15) is 36.7 Å². The van der Waals surface area contributed by atoms with E-state index in [-0.39, 0.29) is 5.56 Å². The summed E-state index contributed by atoms with van der Waals surface area (Å²) in [5, 5.41) is 14.5. The molecule has 0 spiro atoms. The smallest absolute Gasteiger partial charge is 0.335 e. The van der Waals surface area contributed by atoms with E-state index >= 15 is 0 Å². The molecule has 1 amide bonds. The Labute approximate surface area is 142 Å². The summed E-state index contributed by atoms with van der Waals surface area (Å²) in [6, 6.07) is 4.71. The van der Waals surface area contributed by atoms with E-state index in [4.69, 9.17) is 5.26 Å². The maximum Gasteiger partial charge on any atom is 0.435 e. The Morgan fingerprint density at radius 3 is 2.19 bits per heavy atom. The van der Waals surface area contributed by atoms with Gasteiger partial charge in [-0.25, -0.2) is 0 Å². The number of hydrogen-bond acceptors (Lipinski definition) is 3. The first kappa shape index (κ1) is 19.3. The van der Waals surface area contributed by atoms with E-state index in [1.165, 1.54) is 0 Å². The lowest BCUT2D eigenvalue weighted by Crippen LogP contribution is -2.31. The summed E-state index contributed by atoms with van der Waals surface area (Å²) in [5.41, 5.74) is -1.99. The van der Waals surface area contributed by atoms with Crippen LogP contribution in [0.1, 0.15) is 22.9 Å². The van der Waals surface area contributed by atoms with Crippen molar-refractivity contribution in [1.82, 2.24) is 15.1 Å². The molecule has 11 heteroatoms. The first-order valence-electron chi connectivity index (χ1n) is 6.97. The van der Waals surface area contributed by atoms with Gasteiger partial charge in [0.25, 0.3) is 0 Å². The summed E-state index contributed by atoms with van der Waals surface area (Å²) in [5.74, 6) is -0.826. The van der Waals surface area contributed by atoms with Crippen LogP contribution in [0.2, 0.25) is 0 Å². The Kier molecular flexibility index (Phi) is 5.25. The molecule has 0 bridgehead atoms. The summed E-state index contributed by atoms with van der Waals surface area (Å²) in [6.07, 6.45) is -8.25. The molecule has 0 aliphatic carbocycles. The molecular formula is C15H10F6N4O. The van der Waals surface area contributed by atoms with Gasteiger partial charge in [0.05, 0.1) is 11.6 Å². The fourth-order valence-corrected chi connectivity index (χ4v) is 2.01. The quantitative estimate of drug-likeness (QED) is 0.833. The van der Waals surface area contributed by atoms with Gasteiger partial charge in [-0.1, -0.05) is 12.1 Å². The van der Waals surface area contributed by atoms with Crippen LogP contribution in [-0.2, 0) is 23.7 Å². The maximum atomic E-state index is 12.5. The van der Waals surface area contributed by atoms with E-state index in [2.05, 4.69) is 10.4 Å². The lowest BCUT2D eigenvalue weighted by molar-refractivity contribution is -0.141. The van der Waals surface area contributed by atoms with E-state index < -0.39 is 42.1 Å². The number of amides is 1. The molecule has 5 nitrogen and oxygen atoms in total. The molecule has 26 heavy (non-hydrogen) atoms. The number of carbonyl (C=O) groups is 1. The highest BCUT2D eigenvalue weighted by atomic mass is 19.4. The first-order valence-corrected chi connectivity index (χ1v) is 6.97. The van der Waals surface area contributed by atoms with Crippen molar-refractivity contribution in [1.29, 1.82) is 5.26 Å². The van der Waals surface area contributed by atoms with Gasteiger partial charge in [-0.05, 0) is 23.8 Å². The highest BCUT2D eigenvalue weighted by molar-refractivity contribution is 5.76. The second kappa shape index (κ2) is 7.07. The maximum absolute atomic E-state index is 12.5. The number of hydrogen-bond donors (Lipinski definition) is 1. The number of nitrogens with zero attached hydrogens (tertiary/aromatic N) is 3. The summed E-state index contributed by atoms with van der Waals surface area (Å²) >= 11 is 0. The second-order valence-corrected chi connectivity index (χ2v) is 5.15. The molecule has 0 saturated carbocycles. The molecule has 1 heterocycles. The molecule has 0 aliphatic heterocycles. The minimum Gasteiger partial charge on any atom is -0.335 e. The summed E-state index contributed by atoms with van der Waals surface area (Å²) < 4.78 is 75.6. The van der Waals surface area contributed by atoms with Crippen LogP contribution in [0.3, 0.4) is 0 Å². The lowest BCUT2D eigenvalue weighted by Gasteiger charge is -2.13. The molecular weight excluding hydrogens is 366 g/mol. The van der Waals surface area contributed by atoms with E-state index in [1.54, 1.807) is 6.07 Å². The van der Waals surface area contributed by atoms with E-state index in [9.17, 15) is 31.1 Å². The molecule has 2 aromatic rings. The van der Waals surface area contributed by atoms with Crippen molar-refractivity contribution < 1.29 is 31.1 Å². The van der Waals surface area contributed by atoms with Crippen molar-refractivity contribution >= 4 is 5.91 Å². The van der Waals surface area contributed by atoms with Gasteiger partial charge in [0.1, 0.15) is 12.6 Å². The first-order chi connectivity index (χ1) is 12.0. The standard InChI is InChI=1S/C15H10F6N4O/c16-14(17,18)10-3-1-9(2-4-10)11(7-22)23-13(26)8-25-6-5-12(24-25)15(19,20)21/h1-6,11H,8H2,(H,23,26). The normalized spacial score (nSPS) is 13.1. The number of nitrogens with one attached hydrogen (secondary N) is 1. The third-order valence-electron chi connectivity index (χ3n) is 3.24. The summed E-state index contributed by atoms with van der Waals surface area (Å²) in [6.45, 7) is -0.588. The van der Waals surface area contributed by atoms with Crippen LogP contribution < -0.4 is 5.32 Å². The van der Waals surface area contributed by atoms with Gasteiger partial charge >= 0.3 is 12.4 Å². The number of benzene rings is 1. The molecule has 138 valence electrons.